The topological polar surface area (TPSA) is 90.9 Å². The zero-order valence-electron chi connectivity index (χ0n) is 15.3. The number of hydroxylamine groups is 1. The number of carbonyl (C=O) groups excluding carboxylic acids is 2. The van der Waals surface area contributed by atoms with Crippen molar-refractivity contribution in [1.82, 2.24) is 10.8 Å². The molecule has 7 nitrogen and oxygen atoms in total. The molecule has 27 heavy (non-hydrogen) atoms. The summed E-state index contributed by atoms with van der Waals surface area (Å²) in [5, 5.41) is 11.6. The second-order valence-corrected chi connectivity index (χ2v) is 6.62. The molecule has 2 aromatic rings. The molecule has 1 aliphatic rings. The summed E-state index contributed by atoms with van der Waals surface area (Å²) in [5.41, 5.74) is 3.54. The molecule has 3 rings (SSSR count). The van der Waals surface area contributed by atoms with Gasteiger partial charge in [-0.15, -0.1) is 0 Å². The Morgan fingerprint density at radius 3 is 2.56 bits per heavy atom. The number of hydrogen-bond acceptors (Lipinski definition) is 5. The number of rotatable bonds is 6. The molecule has 0 saturated carbocycles. The van der Waals surface area contributed by atoms with Crippen LogP contribution in [0.5, 0.6) is 5.75 Å². The zero-order valence-corrected chi connectivity index (χ0v) is 15.3. The molecule has 0 radical (unpaired) electrons. The van der Waals surface area contributed by atoms with E-state index in [1.807, 2.05) is 43.0 Å². The molecule has 1 fully saturated rings. The molecular weight excluding hydrogens is 346 g/mol. The van der Waals surface area contributed by atoms with Gasteiger partial charge < -0.3 is 15.0 Å². The molecule has 1 unspecified atom stereocenters. The average molecular weight is 369 g/mol. The van der Waals surface area contributed by atoms with E-state index in [0.29, 0.717) is 18.5 Å². The predicted octanol–water partition coefficient (Wildman–Crippen LogP) is 2.62. The number of amides is 2. The first kappa shape index (κ1) is 18.7. The number of hydrogen-bond donors (Lipinski definition) is 3. The van der Waals surface area contributed by atoms with Crippen LogP contribution in [0.25, 0.3) is 0 Å². The number of anilines is 2. The lowest BCUT2D eigenvalue weighted by atomic mass is 10.1. The van der Waals surface area contributed by atoms with Crippen molar-refractivity contribution in [3.63, 3.8) is 0 Å². The molecule has 0 bridgehead atoms. The number of ether oxygens (including phenoxy) is 1. The lowest BCUT2D eigenvalue weighted by molar-refractivity contribution is -0.120. The average Bonchev–Trinajstić information content (AvgIpc) is 3.07. The Balaban J connectivity index is 1.99. The molecule has 1 saturated heterocycles. The zero-order chi connectivity index (χ0) is 19.4. The maximum absolute atomic E-state index is 12.4. The Bertz CT molecular complexity index is 820. The van der Waals surface area contributed by atoms with Gasteiger partial charge >= 0.3 is 0 Å². The van der Waals surface area contributed by atoms with Crippen LogP contribution in [0.4, 0.5) is 11.4 Å². The third kappa shape index (κ3) is 4.20. The maximum Gasteiger partial charge on any atom is 0.274 e. The van der Waals surface area contributed by atoms with E-state index in [0.717, 1.165) is 17.1 Å². The minimum Gasteiger partial charge on any atom is -0.491 e. The summed E-state index contributed by atoms with van der Waals surface area (Å²) in [4.78, 5) is 25.9. The Hall–Kier alpha value is -3.06. The van der Waals surface area contributed by atoms with Crippen LogP contribution in [0.15, 0.2) is 48.5 Å². The molecule has 2 aromatic carbocycles. The fourth-order valence-corrected chi connectivity index (χ4v) is 3.15. The van der Waals surface area contributed by atoms with E-state index in [9.17, 15) is 9.59 Å². The summed E-state index contributed by atoms with van der Waals surface area (Å²) >= 11 is 0. The van der Waals surface area contributed by atoms with E-state index in [4.69, 9.17) is 9.94 Å². The maximum atomic E-state index is 12.4. The third-order valence-electron chi connectivity index (χ3n) is 4.31. The Morgan fingerprint density at radius 1 is 1.22 bits per heavy atom. The summed E-state index contributed by atoms with van der Waals surface area (Å²) in [6.07, 6.45) is 0.715. The van der Waals surface area contributed by atoms with Gasteiger partial charge in [0.1, 0.15) is 11.8 Å². The van der Waals surface area contributed by atoms with Crippen molar-refractivity contribution in [2.75, 3.05) is 11.4 Å². The van der Waals surface area contributed by atoms with E-state index >= 15 is 0 Å². The first-order valence-electron chi connectivity index (χ1n) is 8.88. The van der Waals surface area contributed by atoms with Crippen LogP contribution < -0.4 is 20.4 Å². The van der Waals surface area contributed by atoms with Crippen LogP contribution in [0.2, 0.25) is 0 Å². The monoisotopic (exact) mass is 369 g/mol. The van der Waals surface area contributed by atoms with E-state index < -0.39 is 5.91 Å². The molecule has 0 aliphatic carbocycles. The van der Waals surface area contributed by atoms with E-state index in [2.05, 4.69) is 5.32 Å². The first-order chi connectivity index (χ1) is 13.0. The summed E-state index contributed by atoms with van der Waals surface area (Å²) in [6.45, 7) is 4.53. The largest absolute Gasteiger partial charge is 0.491 e. The van der Waals surface area contributed by atoms with Crippen LogP contribution in [-0.2, 0) is 4.79 Å². The fourth-order valence-electron chi connectivity index (χ4n) is 3.15. The van der Waals surface area contributed by atoms with Crippen LogP contribution >= 0.6 is 0 Å². The van der Waals surface area contributed by atoms with Gasteiger partial charge in [-0.2, -0.15) is 0 Å². The van der Waals surface area contributed by atoms with Gasteiger partial charge in [0.25, 0.3) is 5.91 Å². The molecule has 2 amide bonds. The van der Waals surface area contributed by atoms with Gasteiger partial charge in [0.05, 0.1) is 6.10 Å². The minimum atomic E-state index is -0.584. The molecule has 0 aromatic heterocycles. The highest BCUT2D eigenvalue weighted by atomic mass is 16.5. The second kappa shape index (κ2) is 8.09. The highest BCUT2D eigenvalue weighted by molar-refractivity contribution is 5.94. The van der Waals surface area contributed by atoms with Gasteiger partial charge in [-0.25, -0.2) is 5.48 Å². The lowest BCUT2D eigenvalue weighted by Crippen LogP contribution is -2.37. The molecule has 7 heteroatoms. The molecule has 1 heterocycles. The van der Waals surface area contributed by atoms with Crippen molar-refractivity contribution in [2.45, 2.75) is 32.4 Å². The second-order valence-electron chi connectivity index (χ2n) is 6.62. The van der Waals surface area contributed by atoms with Gasteiger partial charge in [0.2, 0.25) is 5.91 Å². The predicted molar refractivity (Wildman–Crippen MR) is 101 cm³/mol. The number of benzene rings is 2. The van der Waals surface area contributed by atoms with Crippen molar-refractivity contribution >= 4 is 23.2 Å². The fraction of sp³-hybridized carbons (Fsp3) is 0.300. The summed E-state index contributed by atoms with van der Waals surface area (Å²) in [5.74, 6) is 0.101. The highest BCUT2D eigenvalue weighted by Gasteiger charge is 2.31. The summed E-state index contributed by atoms with van der Waals surface area (Å²) in [6, 6.07) is 14.0. The van der Waals surface area contributed by atoms with Crippen LogP contribution in [0, 0.1) is 0 Å². The third-order valence-corrected chi connectivity index (χ3v) is 4.31. The molecule has 0 spiro atoms. The van der Waals surface area contributed by atoms with Gasteiger partial charge in [-0.1, -0.05) is 6.07 Å². The van der Waals surface area contributed by atoms with Crippen molar-refractivity contribution in [1.29, 1.82) is 0 Å². The van der Waals surface area contributed by atoms with Gasteiger partial charge in [0, 0.05) is 29.5 Å². The van der Waals surface area contributed by atoms with Gasteiger partial charge in [0.15, 0.2) is 0 Å². The van der Waals surface area contributed by atoms with Gasteiger partial charge in [-0.3, -0.25) is 14.8 Å². The van der Waals surface area contributed by atoms with E-state index in [1.54, 1.807) is 29.7 Å². The number of nitrogens with one attached hydrogen (secondary N) is 2. The van der Waals surface area contributed by atoms with Gasteiger partial charge in [-0.05, 0) is 56.7 Å². The Morgan fingerprint density at radius 2 is 1.96 bits per heavy atom. The van der Waals surface area contributed by atoms with Crippen LogP contribution in [0.3, 0.4) is 0 Å². The Labute approximate surface area is 157 Å². The smallest absolute Gasteiger partial charge is 0.274 e. The first-order valence-corrected chi connectivity index (χ1v) is 8.88. The van der Waals surface area contributed by atoms with Crippen molar-refractivity contribution < 1.29 is 19.5 Å². The molecule has 1 atom stereocenters. The molecular formula is C20H23N3O4. The lowest BCUT2D eigenvalue weighted by Gasteiger charge is -2.30. The minimum absolute atomic E-state index is 0.0395. The number of nitrogens with zero attached hydrogens (tertiary/aromatic N) is 1. The van der Waals surface area contributed by atoms with Crippen molar-refractivity contribution in [3.05, 3.63) is 54.1 Å². The SMILES string of the molecule is CC(C)Oc1cccc(N(c2ccc(C(=O)NO)cc2)C2CCNC2=O)c1. The molecule has 142 valence electrons. The van der Waals surface area contributed by atoms with E-state index in [1.165, 1.54) is 0 Å². The quantitative estimate of drug-likeness (QED) is 0.538. The van der Waals surface area contributed by atoms with Crippen molar-refractivity contribution in [3.8, 4) is 5.75 Å². The van der Waals surface area contributed by atoms with Crippen LogP contribution in [-0.4, -0.2) is 35.7 Å². The normalized spacial score (nSPS) is 16.1. The number of carbonyl (C=O) groups is 2. The standard InChI is InChI=1S/C20H23N3O4/c1-13(2)27-17-5-3-4-16(12-17)23(18-10-11-21-20(18)25)15-8-6-14(7-9-15)19(24)22-26/h3-9,12-13,18,26H,10-11H2,1-2H3,(H,21,25)(H,22,24). The van der Waals surface area contributed by atoms with Crippen molar-refractivity contribution in [2.24, 2.45) is 0 Å². The molecule has 3 N–H and O–H groups in total. The summed E-state index contributed by atoms with van der Waals surface area (Å²) < 4.78 is 5.79. The summed E-state index contributed by atoms with van der Waals surface area (Å²) in [7, 11) is 0. The Kier molecular flexibility index (Phi) is 5.61. The highest BCUT2D eigenvalue weighted by Crippen LogP contribution is 2.33. The molecule has 1 aliphatic heterocycles. The van der Waals surface area contributed by atoms with Crippen LogP contribution in [0.1, 0.15) is 30.6 Å². The van der Waals surface area contributed by atoms with E-state index in [-0.39, 0.29) is 18.1 Å².